The van der Waals surface area contributed by atoms with Crippen LogP contribution in [0.2, 0.25) is 0 Å². The molecule has 0 atom stereocenters. The van der Waals surface area contributed by atoms with Crippen molar-refractivity contribution in [2.75, 3.05) is 16.7 Å². The second-order valence-corrected chi connectivity index (χ2v) is 9.32. The molecule has 3 rings (SSSR count). The standard InChI is InChI=1S/C22H21BrN2O3S/c1-15-8-11-17(12-9-15)29(27,28)24-20-7-5-4-6-18(20)22(26)25(3)21-13-10-16(2)14-19(21)23/h4-14,24H,1-3H3. The first-order valence-corrected chi connectivity index (χ1v) is 11.2. The third kappa shape index (κ3) is 4.68. The maximum atomic E-state index is 13.1. The molecule has 29 heavy (non-hydrogen) atoms. The van der Waals surface area contributed by atoms with E-state index < -0.39 is 10.0 Å². The molecule has 0 saturated carbocycles. The molecule has 0 unspecified atom stereocenters. The molecule has 5 nitrogen and oxygen atoms in total. The molecule has 0 aliphatic carbocycles. The minimum absolute atomic E-state index is 0.139. The Morgan fingerprint density at radius 3 is 2.21 bits per heavy atom. The minimum Gasteiger partial charge on any atom is -0.310 e. The third-order valence-electron chi connectivity index (χ3n) is 4.50. The number of sulfonamides is 1. The maximum Gasteiger partial charge on any atom is 0.261 e. The zero-order chi connectivity index (χ0) is 21.2. The lowest BCUT2D eigenvalue weighted by atomic mass is 10.1. The summed E-state index contributed by atoms with van der Waals surface area (Å²) >= 11 is 3.49. The summed E-state index contributed by atoms with van der Waals surface area (Å²) in [5, 5.41) is 0. The third-order valence-corrected chi connectivity index (χ3v) is 6.52. The van der Waals surface area contributed by atoms with E-state index in [1.165, 1.54) is 17.0 Å². The first-order chi connectivity index (χ1) is 13.7. The molecular weight excluding hydrogens is 452 g/mol. The van der Waals surface area contributed by atoms with Crippen molar-refractivity contribution < 1.29 is 13.2 Å². The molecule has 0 aromatic heterocycles. The molecule has 3 aromatic rings. The van der Waals surface area contributed by atoms with Gasteiger partial charge in [-0.2, -0.15) is 0 Å². The van der Waals surface area contributed by atoms with Gasteiger partial charge in [0.05, 0.1) is 21.8 Å². The van der Waals surface area contributed by atoms with Crippen LogP contribution in [0.3, 0.4) is 0 Å². The maximum absolute atomic E-state index is 13.1. The van der Waals surface area contributed by atoms with Crippen LogP contribution < -0.4 is 9.62 Å². The van der Waals surface area contributed by atoms with Gasteiger partial charge in [0.25, 0.3) is 15.9 Å². The Balaban J connectivity index is 1.94. The number of para-hydroxylation sites is 1. The van der Waals surface area contributed by atoms with Crippen LogP contribution in [0.25, 0.3) is 0 Å². The Labute approximate surface area is 179 Å². The average Bonchev–Trinajstić information content (AvgIpc) is 2.67. The van der Waals surface area contributed by atoms with E-state index in [9.17, 15) is 13.2 Å². The average molecular weight is 473 g/mol. The Morgan fingerprint density at radius 2 is 1.55 bits per heavy atom. The zero-order valence-electron chi connectivity index (χ0n) is 16.3. The highest BCUT2D eigenvalue weighted by Crippen LogP contribution is 2.29. The summed E-state index contributed by atoms with van der Waals surface area (Å²) in [5.41, 5.74) is 3.21. The van der Waals surface area contributed by atoms with E-state index in [0.29, 0.717) is 5.69 Å². The fourth-order valence-corrected chi connectivity index (χ4v) is 4.69. The summed E-state index contributed by atoms with van der Waals surface area (Å²) in [6, 6.07) is 18.8. The number of carbonyl (C=O) groups excluding carboxylic acids is 1. The number of nitrogens with one attached hydrogen (secondary N) is 1. The molecule has 0 aliphatic heterocycles. The first kappa shape index (κ1) is 21.1. The number of hydrogen-bond donors (Lipinski definition) is 1. The Bertz CT molecular complexity index is 1160. The lowest BCUT2D eigenvalue weighted by molar-refractivity contribution is 0.0993. The number of benzene rings is 3. The van der Waals surface area contributed by atoms with Crippen molar-refractivity contribution in [2.45, 2.75) is 18.7 Å². The predicted molar refractivity (Wildman–Crippen MR) is 120 cm³/mol. The van der Waals surface area contributed by atoms with E-state index in [1.807, 2.05) is 32.0 Å². The van der Waals surface area contributed by atoms with E-state index >= 15 is 0 Å². The number of nitrogens with zero attached hydrogens (tertiary/aromatic N) is 1. The molecule has 0 heterocycles. The topological polar surface area (TPSA) is 66.5 Å². The highest BCUT2D eigenvalue weighted by atomic mass is 79.9. The summed E-state index contributed by atoms with van der Waals surface area (Å²) in [4.78, 5) is 14.8. The smallest absolute Gasteiger partial charge is 0.261 e. The lowest BCUT2D eigenvalue weighted by Gasteiger charge is -2.21. The molecule has 0 saturated heterocycles. The second kappa shape index (κ2) is 8.39. The molecule has 1 N–H and O–H groups in total. The highest BCUT2D eigenvalue weighted by Gasteiger charge is 2.22. The van der Waals surface area contributed by atoms with Crippen LogP contribution in [0.15, 0.2) is 76.1 Å². The largest absolute Gasteiger partial charge is 0.310 e. The minimum atomic E-state index is -3.82. The fraction of sp³-hybridized carbons (Fsp3) is 0.136. The van der Waals surface area contributed by atoms with Gasteiger partial charge in [-0.1, -0.05) is 35.9 Å². The van der Waals surface area contributed by atoms with Crippen molar-refractivity contribution >= 4 is 43.2 Å². The van der Waals surface area contributed by atoms with Gasteiger partial charge < -0.3 is 4.90 Å². The Kier molecular flexibility index (Phi) is 6.10. The van der Waals surface area contributed by atoms with E-state index in [1.54, 1.807) is 43.4 Å². The van der Waals surface area contributed by atoms with Crippen LogP contribution in [0.4, 0.5) is 11.4 Å². The van der Waals surface area contributed by atoms with E-state index in [4.69, 9.17) is 0 Å². The van der Waals surface area contributed by atoms with Crippen LogP contribution >= 0.6 is 15.9 Å². The summed E-state index contributed by atoms with van der Waals surface area (Å²) in [6.07, 6.45) is 0. The molecule has 3 aromatic carbocycles. The lowest BCUT2D eigenvalue weighted by Crippen LogP contribution is -2.28. The number of carbonyl (C=O) groups is 1. The van der Waals surface area contributed by atoms with Crippen molar-refractivity contribution in [3.8, 4) is 0 Å². The number of rotatable bonds is 5. The molecule has 0 fully saturated rings. The van der Waals surface area contributed by atoms with Gasteiger partial charge in [0.15, 0.2) is 0 Å². The number of aryl methyl sites for hydroxylation is 2. The van der Waals surface area contributed by atoms with Gasteiger partial charge in [-0.15, -0.1) is 0 Å². The summed E-state index contributed by atoms with van der Waals surface area (Å²) < 4.78 is 28.9. The summed E-state index contributed by atoms with van der Waals surface area (Å²) in [5.74, 6) is -0.322. The number of amides is 1. The Hall–Kier alpha value is -2.64. The van der Waals surface area contributed by atoms with E-state index in [0.717, 1.165) is 15.6 Å². The number of anilines is 2. The quantitative estimate of drug-likeness (QED) is 0.558. The van der Waals surface area contributed by atoms with Gasteiger partial charge in [0, 0.05) is 11.5 Å². The molecular formula is C22H21BrN2O3S. The van der Waals surface area contributed by atoms with Gasteiger partial charge in [-0.3, -0.25) is 9.52 Å². The molecule has 0 radical (unpaired) electrons. The molecule has 1 amide bonds. The van der Waals surface area contributed by atoms with E-state index in [2.05, 4.69) is 20.7 Å². The van der Waals surface area contributed by atoms with Gasteiger partial charge in [-0.25, -0.2) is 8.42 Å². The first-order valence-electron chi connectivity index (χ1n) is 8.92. The Morgan fingerprint density at radius 1 is 0.931 bits per heavy atom. The van der Waals surface area contributed by atoms with Gasteiger partial charge in [0.1, 0.15) is 0 Å². The van der Waals surface area contributed by atoms with Crippen LogP contribution in [-0.4, -0.2) is 21.4 Å². The van der Waals surface area contributed by atoms with Gasteiger partial charge >= 0.3 is 0 Å². The number of hydrogen-bond acceptors (Lipinski definition) is 3. The monoisotopic (exact) mass is 472 g/mol. The van der Waals surface area contributed by atoms with Crippen molar-refractivity contribution in [2.24, 2.45) is 0 Å². The molecule has 150 valence electrons. The second-order valence-electron chi connectivity index (χ2n) is 6.78. The normalized spacial score (nSPS) is 11.2. The fourth-order valence-electron chi connectivity index (χ4n) is 2.85. The van der Waals surface area contributed by atoms with Crippen molar-refractivity contribution in [3.05, 3.63) is 87.9 Å². The van der Waals surface area contributed by atoms with Gasteiger partial charge in [-0.05, 0) is 71.7 Å². The van der Waals surface area contributed by atoms with E-state index in [-0.39, 0.29) is 22.1 Å². The van der Waals surface area contributed by atoms with Gasteiger partial charge in [0.2, 0.25) is 0 Å². The summed E-state index contributed by atoms with van der Waals surface area (Å²) in [6.45, 7) is 3.85. The predicted octanol–water partition coefficient (Wildman–Crippen LogP) is 5.14. The van der Waals surface area contributed by atoms with Crippen molar-refractivity contribution in [3.63, 3.8) is 0 Å². The zero-order valence-corrected chi connectivity index (χ0v) is 18.7. The molecule has 7 heteroatoms. The van der Waals surface area contributed by atoms with Crippen molar-refractivity contribution in [1.82, 2.24) is 0 Å². The van der Waals surface area contributed by atoms with Crippen LogP contribution in [0.1, 0.15) is 21.5 Å². The van der Waals surface area contributed by atoms with Crippen molar-refractivity contribution in [1.29, 1.82) is 0 Å². The van der Waals surface area contributed by atoms with Crippen LogP contribution in [0, 0.1) is 13.8 Å². The number of halogens is 1. The molecule has 0 bridgehead atoms. The highest BCUT2D eigenvalue weighted by molar-refractivity contribution is 9.10. The molecule has 0 aliphatic rings. The van der Waals surface area contributed by atoms with Crippen LogP contribution in [-0.2, 0) is 10.0 Å². The SMILES string of the molecule is Cc1ccc(S(=O)(=O)Nc2ccccc2C(=O)N(C)c2ccc(C)cc2Br)cc1. The molecule has 0 spiro atoms. The summed E-state index contributed by atoms with van der Waals surface area (Å²) in [7, 11) is -2.16. The van der Waals surface area contributed by atoms with Crippen LogP contribution in [0.5, 0.6) is 0 Å².